The summed E-state index contributed by atoms with van der Waals surface area (Å²) < 4.78 is 11.1. The van der Waals surface area contributed by atoms with E-state index >= 15 is 0 Å². The molecule has 2 aliphatic rings. The van der Waals surface area contributed by atoms with Crippen LogP contribution in [0.25, 0.3) is 0 Å². The summed E-state index contributed by atoms with van der Waals surface area (Å²) in [5, 5.41) is 9.96. The molecular weight excluding hydrogens is 495 g/mol. The summed E-state index contributed by atoms with van der Waals surface area (Å²) in [5.74, 6) is 2.70. The van der Waals surface area contributed by atoms with Crippen molar-refractivity contribution < 1.29 is 14.3 Å². The van der Waals surface area contributed by atoms with Gasteiger partial charge in [0, 0.05) is 25.0 Å². The molecule has 0 heterocycles. The number of rotatable bonds is 8. The van der Waals surface area contributed by atoms with Crippen molar-refractivity contribution in [2.45, 2.75) is 63.6 Å². The SMILES string of the molecule is CN=C(NCC(C)Oc1ccc(OC)cc1)NC1CCCC(C(=O)NC2CC2)C1.I. The van der Waals surface area contributed by atoms with Crippen molar-refractivity contribution in [2.75, 3.05) is 20.7 Å². The first-order valence-corrected chi connectivity index (χ1v) is 10.7. The number of guanidine groups is 1. The van der Waals surface area contributed by atoms with Crippen LogP contribution in [0.15, 0.2) is 29.3 Å². The lowest BCUT2D eigenvalue weighted by Gasteiger charge is -2.30. The molecule has 2 aliphatic carbocycles. The van der Waals surface area contributed by atoms with E-state index in [4.69, 9.17) is 9.47 Å². The molecule has 30 heavy (non-hydrogen) atoms. The number of aliphatic imine (C=N–C) groups is 1. The fourth-order valence-electron chi connectivity index (χ4n) is 3.66. The number of amides is 1. The summed E-state index contributed by atoms with van der Waals surface area (Å²) in [7, 11) is 3.42. The van der Waals surface area contributed by atoms with E-state index in [9.17, 15) is 4.79 Å². The Morgan fingerprint density at radius 3 is 2.43 bits per heavy atom. The number of halogens is 1. The first-order valence-electron chi connectivity index (χ1n) is 10.7. The van der Waals surface area contributed by atoms with Crippen molar-refractivity contribution in [1.82, 2.24) is 16.0 Å². The largest absolute Gasteiger partial charge is 0.497 e. The first-order chi connectivity index (χ1) is 14.1. The van der Waals surface area contributed by atoms with Gasteiger partial charge >= 0.3 is 0 Å². The van der Waals surface area contributed by atoms with Crippen LogP contribution in [0.2, 0.25) is 0 Å². The van der Waals surface area contributed by atoms with Gasteiger partial charge in [0.1, 0.15) is 17.6 Å². The van der Waals surface area contributed by atoms with Gasteiger partial charge in [0.15, 0.2) is 5.96 Å². The number of nitrogens with one attached hydrogen (secondary N) is 3. The molecule has 3 atom stereocenters. The number of carbonyl (C=O) groups is 1. The number of nitrogens with zero attached hydrogens (tertiary/aromatic N) is 1. The third-order valence-electron chi connectivity index (χ3n) is 5.49. The minimum Gasteiger partial charge on any atom is -0.497 e. The predicted molar refractivity (Wildman–Crippen MR) is 130 cm³/mol. The smallest absolute Gasteiger partial charge is 0.223 e. The Bertz CT molecular complexity index is 694. The fraction of sp³-hybridized carbons (Fsp3) is 0.636. The molecule has 3 unspecified atom stereocenters. The molecule has 0 bridgehead atoms. The second-order valence-corrected chi connectivity index (χ2v) is 8.04. The third kappa shape index (κ3) is 7.85. The van der Waals surface area contributed by atoms with Gasteiger partial charge < -0.3 is 25.4 Å². The molecule has 168 valence electrons. The molecular formula is C22H35IN4O3. The van der Waals surface area contributed by atoms with Crippen molar-refractivity contribution in [3.05, 3.63) is 24.3 Å². The number of ether oxygens (including phenoxy) is 2. The van der Waals surface area contributed by atoms with Crippen molar-refractivity contribution in [2.24, 2.45) is 10.9 Å². The lowest BCUT2D eigenvalue weighted by Crippen LogP contribution is -2.48. The predicted octanol–water partition coefficient (Wildman–Crippen LogP) is 3.08. The average Bonchev–Trinajstić information content (AvgIpc) is 3.56. The normalized spacial score (nSPS) is 22.3. The maximum Gasteiger partial charge on any atom is 0.223 e. The summed E-state index contributed by atoms with van der Waals surface area (Å²) in [6, 6.07) is 8.26. The summed E-state index contributed by atoms with van der Waals surface area (Å²) in [5.41, 5.74) is 0. The standard InChI is InChI=1S/C22H34N4O3.HI/c1-15(29-20-11-9-19(28-3)10-12-20)14-24-22(23-2)26-18-6-4-5-16(13-18)21(27)25-17-7-8-17;/h9-12,15-18H,4-8,13-14H2,1-3H3,(H,25,27)(H2,23,24,26);1H. The van der Waals surface area contributed by atoms with Gasteiger partial charge in [-0.05, 0) is 63.3 Å². The van der Waals surface area contributed by atoms with E-state index in [1.165, 1.54) is 0 Å². The van der Waals surface area contributed by atoms with Crippen LogP contribution in [0.4, 0.5) is 0 Å². The minimum absolute atomic E-state index is 0. The second kappa shape index (κ2) is 12.2. The molecule has 8 heteroatoms. The Hall–Kier alpha value is -1.71. The molecule has 0 spiro atoms. The van der Waals surface area contributed by atoms with Gasteiger partial charge in [-0.15, -0.1) is 24.0 Å². The van der Waals surface area contributed by atoms with Crippen molar-refractivity contribution in [3.63, 3.8) is 0 Å². The molecule has 0 radical (unpaired) electrons. The number of benzene rings is 1. The van der Waals surface area contributed by atoms with Gasteiger partial charge in [-0.1, -0.05) is 6.42 Å². The zero-order valence-electron chi connectivity index (χ0n) is 18.1. The van der Waals surface area contributed by atoms with Crippen LogP contribution in [0.1, 0.15) is 45.4 Å². The van der Waals surface area contributed by atoms with Gasteiger partial charge in [0.25, 0.3) is 0 Å². The molecule has 7 nitrogen and oxygen atoms in total. The van der Waals surface area contributed by atoms with Crippen molar-refractivity contribution in [1.29, 1.82) is 0 Å². The van der Waals surface area contributed by atoms with Crippen molar-refractivity contribution >= 4 is 35.8 Å². The highest BCUT2D eigenvalue weighted by Gasteiger charge is 2.31. The minimum atomic E-state index is -0.0228. The van der Waals surface area contributed by atoms with E-state index in [0.29, 0.717) is 12.6 Å². The summed E-state index contributed by atoms with van der Waals surface area (Å²) in [4.78, 5) is 16.7. The zero-order chi connectivity index (χ0) is 20.6. The third-order valence-corrected chi connectivity index (χ3v) is 5.49. The summed E-state index contributed by atoms with van der Waals surface area (Å²) >= 11 is 0. The van der Waals surface area contributed by atoms with Crippen LogP contribution in [-0.4, -0.2) is 50.8 Å². The van der Waals surface area contributed by atoms with Gasteiger partial charge in [-0.2, -0.15) is 0 Å². The number of carbonyl (C=O) groups excluding carboxylic acids is 1. The molecule has 1 aromatic carbocycles. The van der Waals surface area contributed by atoms with E-state index in [-0.39, 0.29) is 47.9 Å². The van der Waals surface area contributed by atoms with Gasteiger partial charge in [0.05, 0.1) is 13.7 Å². The van der Waals surface area contributed by atoms with Gasteiger partial charge in [0.2, 0.25) is 5.91 Å². The van der Waals surface area contributed by atoms with Gasteiger partial charge in [-0.3, -0.25) is 9.79 Å². The van der Waals surface area contributed by atoms with Crippen LogP contribution >= 0.6 is 24.0 Å². The molecule has 0 saturated heterocycles. The molecule has 0 aliphatic heterocycles. The molecule has 2 saturated carbocycles. The summed E-state index contributed by atoms with van der Waals surface area (Å²) in [6.45, 7) is 2.65. The molecule has 1 aromatic rings. The Morgan fingerprint density at radius 1 is 1.10 bits per heavy atom. The molecule has 1 amide bonds. The van der Waals surface area contributed by atoms with Crippen LogP contribution in [0.5, 0.6) is 11.5 Å². The number of hydrogen-bond acceptors (Lipinski definition) is 4. The van der Waals surface area contributed by atoms with E-state index < -0.39 is 0 Å². The lowest BCUT2D eigenvalue weighted by molar-refractivity contribution is -0.126. The van der Waals surface area contributed by atoms with Crippen LogP contribution in [0.3, 0.4) is 0 Å². The molecule has 0 aromatic heterocycles. The molecule has 3 rings (SSSR count). The lowest BCUT2D eigenvalue weighted by atomic mass is 9.85. The maximum atomic E-state index is 12.4. The molecule has 2 fully saturated rings. The average molecular weight is 530 g/mol. The summed E-state index contributed by atoms with van der Waals surface area (Å²) in [6.07, 6.45) is 6.21. The Kier molecular flexibility index (Phi) is 10.0. The van der Waals surface area contributed by atoms with E-state index in [1.54, 1.807) is 14.2 Å². The zero-order valence-corrected chi connectivity index (χ0v) is 20.5. The topological polar surface area (TPSA) is 84.0 Å². The highest BCUT2D eigenvalue weighted by molar-refractivity contribution is 14.0. The Balaban J connectivity index is 0.00000320. The highest BCUT2D eigenvalue weighted by Crippen LogP contribution is 2.26. The Morgan fingerprint density at radius 2 is 1.80 bits per heavy atom. The monoisotopic (exact) mass is 530 g/mol. The number of methoxy groups -OCH3 is 1. The first kappa shape index (κ1) is 24.6. The maximum absolute atomic E-state index is 12.4. The highest BCUT2D eigenvalue weighted by atomic mass is 127. The van der Waals surface area contributed by atoms with Gasteiger partial charge in [-0.25, -0.2) is 0 Å². The van der Waals surface area contributed by atoms with Crippen molar-refractivity contribution in [3.8, 4) is 11.5 Å². The van der Waals surface area contributed by atoms with E-state index in [2.05, 4.69) is 20.9 Å². The number of hydrogen-bond donors (Lipinski definition) is 3. The van der Waals surface area contributed by atoms with Crippen LogP contribution < -0.4 is 25.4 Å². The van der Waals surface area contributed by atoms with E-state index in [1.807, 2.05) is 31.2 Å². The second-order valence-electron chi connectivity index (χ2n) is 8.04. The Labute approximate surface area is 196 Å². The quantitative estimate of drug-likeness (QED) is 0.274. The van der Waals surface area contributed by atoms with Crippen LogP contribution in [-0.2, 0) is 4.79 Å². The molecule has 3 N–H and O–H groups in total. The fourth-order valence-corrected chi connectivity index (χ4v) is 3.66. The van der Waals surface area contributed by atoms with E-state index in [0.717, 1.165) is 56.0 Å². The van der Waals surface area contributed by atoms with Crippen LogP contribution in [0, 0.1) is 5.92 Å².